The van der Waals surface area contributed by atoms with Crippen molar-refractivity contribution in [3.63, 3.8) is 0 Å². The maximum Gasteiger partial charge on any atom is 0.220 e. The third-order valence-corrected chi connectivity index (χ3v) is 5.08. The third kappa shape index (κ3) is 7.51. The van der Waals surface area contributed by atoms with Gasteiger partial charge in [-0.1, -0.05) is 32.1 Å². The summed E-state index contributed by atoms with van der Waals surface area (Å²) in [5.74, 6) is 1.90. The minimum atomic E-state index is 0. The lowest BCUT2D eigenvalue weighted by Gasteiger charge is -2.23. The van der Waals surface area contributed by atoms with Gasteiger partial charge in [-0.05, 0) is 57.5 Å². The number of carbonyl (C=O) groups excluding carboxylic acids is 1. The van der Waals surface area contributed by atoms with Gasteiger partial charge >= 0.3 is 0 Å². The van der Waals surface area contributed by atoms with Crippen LogP contribution < -0.4 is 10.6 Å². The van der Waals surface area contributed by atoms with E-state index in [9.17, 15) is 4.79 Å². The van der Waals surface area contributed by atoms with Crippen LogP contribution in [0.1, 0.15) is 71.1 Å². The van der Waals surface area contributed by atoms with Gasteiger partial charge in [0.15, 0.2) is 0 Å². The second-order valence-electron chi connectivity index (χ2n) is 6.95. The molecule has 2 N–H and O–H groups in total. The molecule has 0 spiro atoms. The van der Waals surface area contributed by atoms with E-state index in [1.165, 1.54) is 44.9 Å². The van der Waals surface area contributed by atoms with Crippen molar-refractivity contribution in [2.24, 2.45) is 11.8 Å². The molecule has 124 valence electrons. The molecule has 2 atom stereocenters. The van der Waals surface area contributed by atoms with E-state index in [2.05, 4.69) is 17.6 Å². The summed E-state index contributed by atoms with van der Waals surface area (Å²) in [5, 5.41) is 6.55. The summed E-state index contributed by atoms with van der Waals surface area (Å²) in [6, 6.07) is 0.353. The fraction of sp³-hybridized carbons (Fsp3) is 0.941. The van der Waals surface area contributed by atoms with E-state index in [0.717, 1.165) is 37.8 Å². The van der Waals surface area contributed by atoms with Crippen molar-refractivity contribution in [1.82, 2.24) is 10.6 Å². The van der Waals surface area contributed by atoms with E-state index >= 15 is 0 Å². The molecule has 1 aliphatic carbocycles. The molecule has 1 amide bonds. The maximum atomic E-state index is 11.9. The number of nitrogens with one attached hydrogen (secondary N) is 2. The SMILES string of the molecule is CC(CCC1CCCCC1)NC(=O)CCC1CCNC1.Cl. The molecule has 4 heteroatoms. The van der Waals surface area contributed by atoms with Gasteiger partial charge in [0.05, 0.1) is 0 Å². The highest BCUT2D eigenvalue weighted by molar-refractivity contribution is 5.85. The largest absolute Gasteiger partial charge is 0.354 e. The Labute approximate surface area is 136 Å². The Morgan fingerprint density at radius 3 is 2.57 bits per heavy atom. The van der Waals surface area contributed by atoms with E-state index in [1.54, 1.807) is 0 Å². The van der Waals surface area contributed by atoms with Crippen molar-refractivity contribution in [3.8, 4) is 0 Å². The van der Waals surface area contributed by atoms with Gasteiger partial charge in [0.2, 0.25) is 5.91 Å². The van der Waals surface area contributed by atoms with Crippen LogP contribution in [-0.2, 0) is 4.79 Å². The zero-order chi connectivity index (χ0) is 14.2. The average molecular weight is 317 g/mol. The smallest absolute Gasteiger partial charge is 0.220 e. The summed E-state index contributed by atoms with van der Waals surface area (Å²) in [6.07, 6.45) is 12.5. The predicted octanol–water partition coefficient (Wildman–Crippen LogP) is 3.66. The lowest BCUT2D eigenvalue weighted by molar-refractivity contribution is -0.122. The van der Waals surface area contributed by atoms with Crippen LogP contribution in [0.15, 0.2) is 0 Å². The van der Waals surface area contributed by atoms with Gasteiger partial charge in [0.1, 0.15) is 0 Å². The summed E-state index contributed by atoms with van der Waals surface area (Å²) in [5.41, 5.74) is 0. The predicted molar refractivity (Wildman–Crippen MR) is 90.9 cm³/mol. The van der Waals surface area contributed by atoms with Crippen LogP contribution in [0.5, 0.6) is 0 Å². The zero-order valence-electron chi connectivity index (χ0n) is 13.5. The molecule has 2 aliphatic rings. The number of amides is 1. The van der Waals surface area contributed by atoms with E-state index in [0.29, 0.717) is 12.5 Å². The first-order chi connectivity index (χ1) is 9.74. The second kappa shape index (κ2) is 10.4. The molecule has 0 aromatic carbocycles. The van der Waals surface area contributed by atoms with Crippen LogP contribution in [0.25, 0.3) is 0 Å². The molecule has 0 aromatic rings. The van der Waals surface area contributed by atoms with Gasteiger partial charge in [-0.2, -0.15) is 0 Å². The first-order valence-electron chi connectivity index (χ1n) is 8.74. The number of rotatable bonds is 7. The first-order valence-corrected chi connectivity index (χ1v) is 8.74. The highest BCUT2D eigenvalue weighted by Crippen LogP contribution is 2.27. The van der Waals surface area contributed by atoms with Crippen LogP contribution in [0, 0.1) is 11.8 Å². The Bertz CT molecular complexity index is 287. The van der Waals surface area contributed by atoms with Gasteiger partial charge in [-0.15, -0.1) is 12.4 Å². The normalized spacial score (nSPS) is 24.3. The van der Waals surface area contributed by atoms with Gasteiger partial charge in [0.25, 0.3) is 0 Å². The van der Waals surface area contributed by atoms with Crippen molar-refractivity contribution in [1.29, 1.82) is 0 Å². The molecule has 2 fully saturated rings. The molecule has 3 nitrogen and oxygen atoms in total. The Morgan fingerprint density at radius 1 is 1.14 bits per heavy atom. The van der Waals surface area contributed by atoms with Crippen LogP contribution in [0.4, 0.5) is 0 Å². The molecule has 1 saturated carbocycles. The van der Waals surface area contributed by atoms with Crippen molar-refractivity contribution < 1.29 is 4.79 Å². The van der Waals surface area contributed by atoms with Crippen LogP contribution in [0.3, 0.4) is 0 Å². The number of hydrogen-bond donors (Lipinski definition) is 2. The fourth-order valence-corrected chi connectivity index (χ4v) is 3.68. The molecule has 21 heavy (non-hydrogen) atoms. The zero-order valence-corrected chi connectivity index (χ0v) is 14.4. The molecule has 1 saturated heterocycles. The van der Waals surface area contributed by atoms with Gasteiger partial charge in [-0.25, -0.2) is 0 Å². The molecular weight excluding hydrogens is 284 g/mol. The second-order valence-corrected chi connectivity index (χ2v) is 6.95. The highest BCUT2D eigenvalue weighted by Gasteiger charge is 2.17. The third-order valence-electron chi connectivity index (χ3n) is 5.08. The van der Waals surface area contributed by atoms with Gasteiger partial charge in [0, 0.05) is 12.5 Å². The van der Waals surface area contributed by atoms with Crippen molar-refractivity contribution in [2.75, 3.05) is 13.1 Å². The molecule has 0 radical (unpaired) electrons. The Hall–Kier alpha value is -0.280. The van der Waals surface area contributed by atoms with Crippen LogP contribution in [-0.4, -0.2) is 25.0 Å². The molecule has 0 bridgehead atoms. The minimum Gasteiger partial charge on any atom is -0.354 e. The topological polar surface area (TPSA) is 41.1 Å². The highest BCUT2D eigenvalue weighted by atomic mass is 35.5. The summed E-state index contributed by atoms with van der Waals surface area (Å²) in [6.45, 7) is 4.40. The fourth-order valence-electron chi connectivity index (χ4n) is 3.68. The van der Waals surface area contributed by atoms with E-state index in [1.807, 2.05) is 0 Å². The quantitative estimate of drug-likeness (QED) is 0.752. The Balaban J connectivity index is 0.00000220. The van der Waals surface area contributed by atoms with E-state index in [-0.39, 0.29) is 18.3 Å². The molecule has 2 unspecified atom stereocenters. The monoisotopic (exact) mass is 316 g/mol. The number of halogens is 1. The van der Waals surface area contributed by atoms with Crippen molar-refractivity contribution >= 4 is 18.3 Å². The van der Waals surface area contributed by atoms with Crippen molar-refractivity contribution in [2.45, 2.75) is 77.2 Å². The number of hydrogen-bond acceptors (Lipinski definition) is 2. The van der Waals surface area contributed by atoms with E-state index < -0.39 is 0 Å². The van der Waals surface area contributed by atoms with Crippen LogP contribution >= 0.6 is 12.4 Å². The average Bonchev–Trinajstić information content (AvgIpc) is 2.97. The summed E-state index contributed by atoms with van der Waals surface area (Å²) in [4.78, 5) is 11.9. The number of carbonyl (C=O) groups is 1. The minimum absolute atomic E-state index is 0. The molecule has 2 rings (SSSR count). The molecular formula is C17H33ClN2O. The van der Waals surface area contributed by atoms with Gasteiger partial charge < -0.3 is 10.6 Å². The van der Waals surface area contributed by atoms with Gasteiger partial charge in [-0.3, -0.25) is 4.79 Å². The Kier molecular flexibility index (Phi) is 9.34. The first kappa shape index (κ1) is 18.8. The summed E-state index contributed by atoms with van der Waals surface area (Å²) in [7, 11) is 0. The molecule has 1 heterocycles. The summed E-state index contributed by atoms with van der Waals surface area (Å²) >= 11 is 0. The Morgan fingerprint density at radius 2 is 1.90 bits per heavy atom. The van der Waals surface area contributed by atoms with Crippen LogP contribution in [0.2, 0.25) is 0 Å². The van der Waals surface area contributed by atoms with Crippen molar-refractivity contribution in [3.05, 3.63) is 0 Å². The summed E-state index contributed by atoms with van der Waals surface area (Å²) < 4.78 is 0. The van der Waals surface area contributed by atoms with E-state index in [4.69, 9.17) is 0 Å². The standard InChI is InChI=1S/C17H32N2O.ClH/c1-14(7-8-15-5-3-2-4-6-15)19-17(20)10-9-16-11-12-18-13-16;/h14-16,18H,2-13H2,1H3,(H,19,20);1H. The lowest BCUT2D eigenvalue weighted by Crippen LogP contribution is -2.33. The maximum absolute atomic E-state index is 11.9. The lowest BCUT2D eigenvalue weighted by atomic mass is 9.85. The molecule has 0 aromatic heterocycles. The molecule has 1 aliphatic heterocycles.